The van der Waals surface area contributed by atoms with Gasteiger partial charge in [-0.15, -0.1) is 0 Å². The number of hydrogen-bond acceptors (Lipinski definition) is 4. The predicted octanol–water partition coefficient (Wildman–Crippen LogP) is 2.17. The van der Waals surface area contributed by atoms with Crippen molar-refractivity contribution in [3.8, 4) is 0 Å². The second kappa shape index (κ2) is 8.13. The van der Waals surface area contributed by atoms with E-state index in [1.807, 2.05) is 13.8 Å². The van der Waals surface area contributed by atoms with Crippen LogP contribution in [-0.2, 0) is 19.1 Å². The lowest BCUT2D eigenvalue weighted by molar-refractivity contribution is -0.149. The standard InChI is InChI=1S/C12H22O4/c1-5-15-11(13)8-9(3)7-10(4)12(14)16-6-2/h9-10H,5-8H2,1-4H3. The summed E-state index contributed by atoms with van der Waals surface area (Å²) in [5, 5.41) is 0. The topological polar surface area (TPSA) is 52.6 Å². The molecule has 0 amide bonds. The Morgan fingerprint density at radius 1 is 1.06 bits per heavy atom. The molecule has 4 heteroatoms. The number of hydrogen-bond donors (Lipinski definition) is 0. The monoisotopic (exact) mass is 230 g/mol. The molecule has 0 aromatic rings. The van der Waals surface area contributed by atoms with Gasteiger partial charge in [0.2, 0.25) is 0 Å². The molecule has 2 atom stereocenters. The van der Waals surface area contributed by atoms with Crippen LogP contribution in [0.4, 0.5) is 0 Å². The first-order valence-electron chi connectivity index (χ1n) is 5.83. The van der Waals surface area contributed by atoms with E-state index in [1.165, 1.54) is 0 Å². The Bertz CT molecular complexity index is 225. The first-order valence-corrected chi connectivity index (χ1v) is 5.83. The molecule has 0 spiro atoms. The predicted molar refractivity (Wildman–Crippen MR) is 60.8 cm³/mol. The molecule has 0 aliphatic rings. The van der Waals surface area contributed by atoms with Crippen LogP contribution in [0.15, 0.2) is 0 Å². The Balaban J connectivity index is 3.90. The summed E-state index contributed by atoms with van der Waals surface area (Å²) in [5.74, 6) is -0.424. The third-order valence-corrected chi connectivity index (χ3v) is 2.27. The highest BCUT2D eigenvalue weighted by Gasteiger charge is 2.19. The van der Waals surface area contributed by atoms with Crippen LogP contribution in [-0.4, -0.2) is 25.2 Å². The summed E-state index contributed by atoms with van der Waals surface area (Å²) in [4.78, 5) is 22.5. The third-order valence-electron chi connectivity index (χ3n) is 2.27. The van der Waals surface area contributed by atoms with Crippen LogP contribution in [0.3, 0.4) is 0 Å². The molecule has 0 aromatic carbocycles. The van der Waals surface area contributed by atoms with Crippen molar-refractivity contribution in [2.45, 2.75) is 40.5 Å². The molecule has 94 valence electrons. The molecule has 0 aliphatic heterocycles. The molecule has 0 N–H and O–H groups in total. The van der Waals surface area contributed by atoms with Crippen molar-refractivity contribution in [1.29, 1.82) is 0 Å². The highest BCUT2D eigenvalue weighted by Crippen LogP contribution is 2.16. The van der Waals surface area contributed by atoms with Crippen molar-refractivity contribution >= 4 is 11.9 Å². The van der Waals surface area contributed by atoms with Gasteiger partial charge in [0.25, 0.3) is 0 Å². The van der Waals surface area contributed by atoms with Gasteiger partial charge in [0.05, 0.1) is 19.1 Å². The first kappa shape index (κ1) is 14.9. The molecule has 4 nitrogen and oxygen atoms in total. The molecule has 16 heavy (non-hydrogen) atoms. The minimum absolute atomic E-state index is 0.137. The van der Waals surface area contributed by atoms with Gasteiger partial charge >= 0.3 is 11.9 Å². The van der Waals surface area contributed by atoms with E-state index in [-0.39, 0.29) is 23.8 Å². The number of ether oxygens (including phenoxy) is 2. The molecule has 0 rings (SSSR count). The molecular formula is C12H22O4. The molecule has 0 bridgehead atoms. The second-order valence-corrected chi connectivity index (χ2v) is 4.00. The summed E-state index contributed by atoms with van der Waals surface area (Å²) < 4.78 is 9.75. The van der Waals surface area contributed by atoms with Gasteiger partial charge in [-0.3, -0.25) is 9.59 Å². The summed E-state index contributed by atoms with van der Waals surface area (Å²) in [5.41, 5.74) is 0. The summed E-state index contributed by atoms with van der Waals surface area (Å²) in [6.07, 6.45) is 1.01. The van der Waals surface area contributed by atoms with Gasteiger partial charge in [-0.05, 0) is 26.2 Å². The second-order valence-electron chi connectivity index (χ2n) is 4.00. The molecule has 0 radical (unpaired) electrons. The number of rotatable bonds is 7. The van der Waals surface area contributed by atoms with Crippen molar-refractivity contribution in [1.82, 2.24) is 0 Å². The van der Waals surface area contributed by atoms with Gasteiger partial charge < -0.3 is 9.47 Å². The largest absolute Gasteiger partial charge is 0.466 e. The zero-order valence-corrected chi connectivity index (χ0v) is 10.6. The van der Waals surface area contributed by atoms with E-state index in [1.54, 1.807) is 13.8 Å². The molecule has 0 fully saturated rings. The van der Waals surface area contributed by atoms with Gasteiger partial charge in [-0.1, -0.05) is 13.8 Å². The molecule has 2 unspecified atom stereocenters. The molecule has 0 aromatic heterocycles. The van der Waals surface area contributed by atoms with E-state index in [9.17, 15) is 9.59 Å². The van der Waals surface area contributed by atoms with Crippen LogP contribution in [0, 0.1) is 11.8 Å². The highest BCUT2D eigenvalue weighted by atomic mass is 16.5. The Hall–Kier alpha value is -1.06. The third kappa shape index (κ3) is 6.43. The van der Waals surface area contributed by atoms with E-state index in [2.05, 4.69) is 0 Å². The fourth-order valence-electron chi connectivity index (χ4n) is 1.57. The van der Waals surface area contributed by atoms with Crippen LogP contribution in [0.1, 0.15) is 40.5 Å². The van der Waals surface area contributed by atoms with Crippen LogP contribution < -0.4 is 0 Å². The van der Waals surface area contributed by atoms with E-state index >= 15 is 0 Å². The van der Waals surface area contributed by atoms with Crippen LogP contribution in [0.5, 0.6) is 0 Å². The first-order chi connectivity index (χ1) is 7.51. The Morgan fingerprint density at radius 2 is 1.62 bits per heavy atom. The van der Waals surface area contributed by atoms with Crippen molar-refractivity contribution in [3.63, 3.8) is 0 Å². The van der Waals surface area contributed by atoms with Crippen molar-refractivity contribution in [2.24, 2.45) is 11.8 Å². The summed E-state index contributed by atoms with van der Waals surface area (Å²) in [7, 11) is 0. The van der Waals surface area contributed by atoms with Crippen LogP contribution in [0.2, 0.25) is 0 Å². The zero-order chi connectivity index (χ0) is 12.6. The quantitative estimate of drug-likeness (QED) is 0.629. The lowest BCUT2D eigenvalue weighted by Crippen LogP contribution is -2.19. The van der Waals surface area contributed by atoms with E-state index in [0.717, 1.165) is 0 Å². The minimum atomic E-state index is -0.203. The zero-order valence-electron chi connectivity index (χ0n) is 10.6. The molecule has 0 saturated carbocycles. The van der Waals surface area contributed by atoms with Crippen molar-refractivity contribution in [2.75, 3.05) is 13.2 Å². The fourth-order valence-corrected chi connectivity index (χ4v) is 1.57. The summed E-state index contributed by atoms with van der Waals surface area (Å²) >= 11 is 0. The molecule has 0 aliphatic carbocycles. The maximum atomic E-state index is 11.4. The molecule has 0 saturated heterocycles. The Kier molecular flexibility index (Phi) is 7.60. The minimum Gasteiger partial charge on any atom is -0.466 e. The molecular weight excluding hydrogens is 208 g/mol. The van der Waals surface area contributed by atoms with E-state index in [4.69, 9.17) is 9.47 Å². The maximum absolute atomic E-state index is 11.4. The van der Waals surface area contributed by atoms with Gasteiger partial charge in [0.15, 0.2) is 0 Å². The van der Waals surface area contributed by atoms with Crippen molar-refractivity contribution in [3.05, 3.63) is 0 Å². The highest BCUT2D eigenvalue weighted by molar-refractivity contribution is 5.72. The summed E-state index contributed by atoms with van der Waals surface area (Å²) in [6.45, 7) is 8.12. The summed E-state index contributed by atoms with van der Waals surface area (Å²) in [6, 6.07) is 0. The average Bonchev–Trinajstić information content (AvgIpc) is 2.17. The van der Waals surface area contributed by atoms with Crippen molar-refractivity contribution < 1.29 is 19.1 Å². The van der Waals surface area contributed by atoms with Gasteiger partial charge in [-0.2, -0.15) is 0 Å². The van der Waals surface area contributed by atoms with E-state index in [0.29, 0.717) is 26.1 Å². The average molecular weight is 230 g/mol. The lowest BCUT2D eigenvalue weighted by atomic mass is 9.95. The normalized spacial score (nSPS) is 14.0. The van der Waals surface area contributed by atoms with Gasteiger partial charge in [-0.25, -0.2) is 0 Å². The van der Waals surface area contributed by atoms with E-state index < -0.39 is 0 Å². The number of carbonyl (C=O) groups is 2. The SMILES string of the molecule is CCOC(=O)CC(C)CC(C)C(=O)OCC. The Labute approximate surface area is 97.3 Å². The van der Waals surface area contributed by atoms with Crippen LogP contribution >= 0.6 is 0 Å². The van der Waals surface area contributed by atoms with Crippen LogP contribution in [0.25, 0.3) is 0 Å². The van der Waals surface area contributed by atoms with Gasteiger partial charge in [0.1, 0.15) is 0 Å². The lowest BCUT2D eigenvalue weighted by Gasteiger charge is -2.15. The maximum Gasteiger partial charge on any atom is 0.308 e. The Morgan fingerprint density at radius 3 is 2.12 bits per heavy atom. The smallest absolute Gasteiger partial charge is 0.308 e. The number of esters is 2. The fraction of sp³-hybridized carbons (Fsp3) is 0.833. The number of carbonyl (C=O) groups excluding carboxylic acids is 2. The van der Waals surface area contributed by atoms with Gasteiger partial charge in [0, 0.05) is 6.42 Å². The molecule has 0 heterocycles.